The highest BCUT2D eigenvalue weighted by Gasteiger charge is 2.23. The molecule has 8 nitrogen and oxygen atoms in total. The Bertz CT molecular complexity index is 1310. The predicted octanol–water partition coefficient (Wildman–Crippen LogP) is 22.3. The topological polar surface area (TPSA) is 108 Å². The zero-order valence-corrected chi connectivity index (χ0v) is 55.7. The van der Waals surface area contributed by atoms with Crippen molar-refractivity contribution in [1.29, 1.82) is 0 Å². The maximum Gasteiger partial charge on any atom is 0.268 e. The highest BCUT2D eigenvalue weighted by molar-refractivity contribution is 7.45. The van der Waals surface area contributed by atoms with Gasteiger partial charge in [0.1, 0.15) is 13.2 Å². The standard InChI is InChI=1S/C71H143N2O6P/c1-6-8-10-12-14-16-18-20-22-24-26-28-30-32-34-36-38-40-42-44-46-48-50-52-54-56-58-60-62-64-70(74)69(68-79-80(76,77)78-67-66-73(3,4)5)72-71(75)65-63-61-59-57-55-53-51-49-47-45-43-41-39-37-35-33-31-29-27-25-23-21-19-17-15-13-11-9-7-2/h62,64,69-70,74H,6-61,63,65-68H2,1-5H3,(H-,72,75,76,77)/b64-62+. The minimum Gasteiger partial charge on any atom is -0.756 e. The van der Waals surface area contributed by atoms with Crippen LogP contribution in [0.1, 0.15) is 386 Å². The van der Waals surface area contributed by atoms with Gasteiger partial charge in [-0.25, -0.2) is 0 Å². The number of amides is 1. The van der Waals surface area contributed by atoms with Crippen molar-refractivity contribution < 1.29 is 32.9 Å². The largest absolute Gasteiger partial charge is 0.756 e. The number of carbonyl (C=O) groups is 1. The van der Waals surface area contributed by atoms with Gasteiger partial charge >= 0.3 is 0 Å². The van der Waals surface area contributed by atoms with Gasteiger partial charge in [0.2, 0.25) is 5.91 Å². The second-order valence-electron chi connectivity index (χ2n) is 26.3. The van der Waals surface area contributed by atoms with Crippen LogP contribution in [-0.2, 0) is 18.4 Å². The lowest BCUT2D eigenvalue weighted by Gasteiger charge is -2.29. The van der Waals surface area contributed by atoms with Gasteiger partial charge in [-0.3, -0.25) is 9.36 Å². The van der Waals surface area contributed by atoms with E-state index in [1.165, 1.54) is 327 Å². The van der Waals surface area contributed by atoms with Crippen LogP contribution >= 0.6 is 7.82 Å². The number of nitrogens with one attached hydrogen (secondary N) is 1. The van der Waals surface area contributed by atoms with Gasteiger partial charge in [-0.1, -0.05) is 373 Å². The molecule has 0 fully saturated rings. The molecule has 0 spiro atoms. The Morgan fingerprint density at radius 1 is 0.425 bits per heavy atom. The number of aliphatic hydroxyl groups excluding tert-OH is 1. The Hall–Kier alpha value is -0.760. The van der Waals surface area contributed by atoms with Crippen molar-refractivity contribution in [3.8, 4) is 0 Å². The van der Waals surface area contributed by atoms with Gasteiger partial charge in [-0.05, 0) is 19.3 Å². The quantitative estimate of drug-likeness (QED) is 0.0272. The summed E-state index contributed by atoms with van der Waals surface area (Å²) in [6.07, 6.45) is 80.6. The van der Waals surface area contributed by atoms with E-state index in [-0.39, 0.29) is 19.1 Å². The summed E-state index contributed by atoms with van der Waals surface area (Å²) >= 11 is 0. The van der Waals surface area contributed by atoms with E-state index in [9.17, 15) is 19.4 Å². The molecule has 0 heterocycles. The number of quaternary nitrogens is 1. The average molecular weight is 1150 g/mol. The minimum atomic E-state index is -4.60. The zero-order chi connectivity index (χ0) is 58.4. The molecule has 3 unspecified atom stereocenters. The van der Waals surface area contributed by atoms with E-state index < -0.39 is 20.0 Å². The van der Waals surface area contributed by atoms with Crippen molar-refractivity contribution in [2.24, 2.45) is 0 Å². The van der Waals surface area contributed by atoms with Gasteiger partial charge in [0.05, 0.1) is 39.9 Å². The molecule has 478 valence electrons. The molecule has 0 radical (unpaired) electrons. The monoisotopic (exact) mass is 1150 g/mol. The third-order valence-corrected chi connectivity index (χ3v) is 18.0. The average Bonchev–Trinajstić information content (AvgIpc) is 3.42. The first-order valence-corrected chi connectivity index (χ1v) is 37.5. The van der Waals surface area contributed by atoms with Crippen molar-refractivity contribution in [3.63, 3.8) is 0 Å². The van der Waals surface area contributed by atoms with Crippen LogP contribution in [0, 0.1) is 0 Å². The molecule has 0 saturated heterocycles. The molecule has 0 aromatic carbocycles. The van der Waals surface area contributed by atoms with E-state index in [0.29, 0.717) is 17.4 Å². The molecule has 2 N–H and O–H groups in total. The number of likely N-dealkylation sites (N-methyl/N-ethyl adjacent to an activating group) is 1. The first kappa shape index (κ1) is 79.2. The Labute approximate surface area is 501 Å². The molecule has 9 heteroatoms. The lowest BCUT2D eigenvalue weighted by molar-refractivity contribution is -0.870. The van der Waals surface area contributed by atoms with Crippen LogP contribution in [-0.4, -0.2) is 68.5 Å². The highest BCUT2D eigenvalue weighted by atomic mass is 31.2. The van der Waals surface area contributed by atoms with Gasteiger partial charge in [-0.15, -0.1) is 0 Å². The van der Waals surface area contributed by atoms with E-state index in [0.717, 1.165) is 38.5 Å². The van der Waals surface area contributed by atoms with E-state index in [4.69, 9.17) is 9.05 Å². The molecule has 1 amide bonds. The second kappa shape index (κ2) is 62.8. The second-order valence-corrected chi connectivity index (χ2v) is 27.7. The SMILES string of the molecule is CCCCCCCCCCCCCCCCCCCCCCCCCCCCC/C=C/C(O)C(COP(=O)([O-])OCC[N+](C)(C)C)NC(=O)CCCCCCCCCCCCCCCCCCCCCCCCCCCCCCC. The number of nitrogens with zero attached hydrogens (tertiary/aromatic N) is 1. The smallest absolute Gasteiger partial charge is 0.268 e. The summed E-state index contributed by atoms with van der Waals surface area (Å²) in [6, 6.07) is -0.884. The molecule has 0 aliphatic rings. The van der Waals surface area contributed by atoms with Crippen molar-refractivity contribution in [3.05, 3.63) is 12.2 Å². The number of unbranched alkanes of at least 4 members (excludes halogenated alkanes) is 55. The van der Waals surface area contributed by atoms with Crippen LogP contribution in [0.2, 0.25) is 0 Å². The van der Waals surface area contributed by atoms with E-state index in [2.05, 4.69) is 19.2 Å². The third-order valence-electron chi connectivity index (χ3n) is 17.0. The van der Waals surface area contributed by atoms with Crippen LogP contribution in [0.4, 0.5) is 0 Å². The molecule has 80 heavy (non-hydrogen) atoms. The van der Waals surface area contributed by atoms with Gasteiger partial charge in [-0.2, -0.15) is 0 Å². The van der Waals surface area contributed by atoms with Crippen molar-refractivity contribution in [1.82, 2.24) is 5.32 Å². The van der Waals surface area contributed by atoms with Crippen molar-refractivity contribution in [2.45, 2.75) is 398 Å². The van der Waals surface area contributed by atoms with Gasteiger partial charge < -0.3 is 28.8 Å². The molecule has 0 aromatic heterocycles. The number of phosphoric acid groups is 1. The number of hydrogen-bond donors (Lipinski definition) is 2. The summed E-state index contributed by atoms with van der Waals surface area (Å²) in [5.74, 6) is -0.187. The van der Waals surface area contributed by atoms with E-state index in [1.54, 1.807) is 6.08 Å². The zero-order valence-electron chi connectivity index (χ0n) is 54.8. The van der Waals surface area contributed by atoms with Crippen LogP contribution in [0.15, 0.2) is 12.2 Å². The fourth-order valence-corrected chi connectivity index (χ4v) is 12.1. The molecule has 0 aromatic rings. The van der Waals surface area contributed by atoms with Crippen LogP contribution in [0.3, 0.4) is 0 Å². The fraction of sp³-hybridized carbons (Fsp3) is 0.958. The highest BCUT2D eigenvalue weighted by Crippen LogP contribution is 2.38. The van der Waals surface area contributed by atoms with E-state index >= 15 is 0 Å². The summed E-state index contributed by atoms with van der Waals surface area (Å²) < 4.78 is 23.5. The first-order chi connectivity index (χ1) is 39.0. The van der Waals surface area contributed by atoms with Crippen LogP contribution < -0.4 is 10.2 Å². The Kier molecular flexibility index (Phi) is 62.2. The molecule has 0 rings (SSSR count). The Morgan fingerprint density at radius 3 is 0.938 bits per heavy atom. The number of carbonyl (C=O) groups excluding carboxylic acids is 1. The van der Waals surface area contributed by atoms with Gasteiger partial charge in [0, 0.05) is 6.42 Å². The summed E-state index contributed by atoms with van der Waals surface area (Å²) in [5, 5.41) is 14.0. The number of aliphatic hydroxyl groups is 1. The number of phosphoric ester groups is 1. The summed E-state index contributed by atoms with van der Waals surface area (Å²) in [5.41, 5.74) is 0. The summed E-state index contributed by atoms with van der Waals surface area (Å²) in [6.45, 7) is 4.73. The van der Waals surface area contributed by atoms with Gasteiger partial charge in [0.15, 0.2) is 0 Å². The maximum absolute atomic E-state index is 13.0. The minimum absolute atomic E-state index is 0.00306. The third kappa shape index (κ3) is 64.8. The molecular formula is C71H143N2O6P. The molecule has 0 aliphatic heterocycles. The van der Waals surface area contributed by atoms with Gasteiger partial charge in [0.25, 0.3) is 7.82 Å². The molecular weight excluding hydrogens is 1010 g/mol. The molecule has 0 saturated carbocycles. The number of rotatable bonds is 68. The lowest BCUT2D eigenvalue weighted by Crippen LogP contribution is -2.45. The first-order valence-electron chi connectivity index (χ1n) is 36.1. The summed E-state index contributed by atoms with van der Waals surface area (Å²) in [4.78, 5) is 25.6. The Morgan fingerprint density at radius 2 is 0.675 bits per heavy atom. The Balaban J connectivity index is 4.01. The molecule has 3 atom stereocenters. The fourth-order valence-electron chi connectivity index (χ4n) is 11.4. The summed E-state index contributed by atoms with van der Waals surface area (Å²) in [7, 11) is 1.29. The normalized spacial score (nSPS) is 13.6. The van der Waals surface area contributed by atoms with Crippen molar-refractivity contribution in [2.75, 3.05) is 40.9 Å². The van der Waals surface area contributed by atoms with Crippen molar-refractivity contribution >= 4 is 13.7 Å². The maximum atomic E-state index is 13.0. The van der Waals surface area contributed by atoms with E-state index in [1.807, 2.05) is 27.2 Å². The molecule has 0 bridgehead atoms. The number of allylic oxidation sites excluding steroid dienone is 1. The number of hydrogen-bond acceptors (Lipinski definition) is 6. The predicted molar refractivity (Wildman–Crippen MR) is 349 cm³/mol. The lowest BCUT2D eigenvalue weighted by atomic mass is 10.0. The van der Waals surface area contributed by atoms with Crippen LogP contribution in [0.25, 0.3) is 0 Å². The molecule has 0 aliphatic carbocycles. The van der Waals surface area contributed by atoms with Crippen LogP contribution in [0.5, 0.6) is 0 Å².